The molecular formula is C10H13NO4. The van der Waals surface area contributed by atoms with Gasteiger partial charge in [0.2, 0.25) is 5.75 Å². The van der Waals surface area contributed by atoms with Gasteiger partial charge in [0, 0.05) is 6.07 Å². The van der Waals surface area contributed by atoms with Gasteiger partial charge in [-0.05, 0) is 25.5 Å². The van der Waals surface area contributed by atoms with Crippen molar-refractivity contribution in [3.8, 4) is 11.5 Å². The minimum Gasteiger partial charge on any atom is -0.490 e. The molecule has 0 spiro atoms. The Morgan fingerprint density at radius 2 is 2.13 bits per heavy atom. The molecule has 0 atom stereocenters. The molecule has 0 unspecified atom stereocenters. The first kappa shape index (κ1) is 11.3. The fraction of sp³-hybridized carbons (Fsp3) is 0.400. The molecular weight excluding hydrogens is 198 g/mol. The van der Waals surface area contributed by atoms with Gasteiger partial charge in [-0.1, -0.05) is 0 Å². The maximum absolute atomic E-state index is 10.8. The van der Waals surface area contributed by atoms with E-state index in [0.29, 0.717) is 12.4 Å². The fourth-order valence-electron chi connectivity index (χ4n) is 1.32. The lowest BCUT2D eigenvalue weighted by Crippen LogP contribution is -2.00. The van der Waals surface area contributed by atoms with E-state index in [0.717, 1.165) is 5.56 Å². The van der Waals surface area contributed by atoms with Crippen molar-refractivity contribution in [2.24, 2.45) is 0 Å². The Kier molecular flexibility index (Phi) is 3.49. The van der Waals surface area contributed by atoms with Gasteiger partial charge in [-0.15, -0.1) is 0 Å². The Hall–Kier alpha value is -1.78. The number of nitro groups is 1. The first-order chi connectivity index (χ1) is 7.10. The minimum absolute atomic E-state index is 0.0686. The lowest BCUT2D eigenvalue weighted by molar-refractivity contribution is -0.385. The van der Waals surface area contributed by atoms with Crippen molar-refractivity contribution in [3.63, 3.8) is 0 Å². The van der Waals surface area contributed by atoms with Crippen LogP contribution in [0.2, 0.25) is 0 Å². The normalized spacial score (nSPS) is 9.80. The van der Waals surface area contributed by atoms with Crippen LogP contribution in [-0.4, -0.2) is 18.6 Å². The van der Waals surface area contributed by atoms with Crippen LogP contribution in [0.3, 0.4) is 0 Å². The second-order valence-electron chi connectivity index (χ2n) is 3.01. The predicted octanol–water partition coefficient (Wildman–Crippen LogP) is 2.31. The number of aryl methyl sites for hydroxylation is 1. The first-order valence-electron chi connectivity index (χ1n) is 4.56. The van der Waals surface area contributed by atoms with Crippen LogP contribution in [0.1, 0.15) is 12.5 Å². The minimum atomic E-state index is -0.478. The van der Waals surface area contributed by atoms with Crippen molar-refractivity contribution < 1.29 is 14.4 Å². The maximum Gasteiger partial charge on any atom is 0.315 e. The highest BCUT2D eigenvalue weighted by Crippen LogP contribution is 2.37. The van der Waals surface area contributed by atoms with Gasteiger partial charge in [-0.3, -0.25) is 10.1 Å². The van der Waals surface area contributed by atoms with Crippen molar-refractivity contribution in [3.05, 3.63) is 27.8 Å². The highest BCUT2D eigenvalue weighted by Gasteiger charge is 2.20. The molecule has 0 heterocycles. The third-order valence-electron chi connectivity index (χ3n) is 1.88. The van der Waals surface area contributed by atoms with E-state index in [4.69, 9.17) is 9.47 Å². The molecule has 0 bridgehead atoms. The zero-order valence-corrected chi connectivity index (χ0v) is 8.94. The summed E-state index contributed by atoms with van der Waals surface area (Å²) < 4.78 is 10.2. The quantitative estimate of drug-likeness (QED) is 0.566. The van der Waals surface area contributed by atoms with Gasteiger partial charge in [-0.2, -0.15) is 0 Å². The summed E-state index contributed by atoms with van der Waals surface area (Å²) in [4.78, 5) is 10.3. The van der Waals surface area contributed by atoms with E-state index < -0.39 is 4.92 Å². The number of nitro benzene ring substituents is 1. The summed E-state index contributed by atoms with van der Waals surface area (Å²) in [6, 6.07) is 3.18. The van der Waals surface area contributed by atoms with E-state index in [2.05, 4.69) is 0 Å². The highest BCUT2D eigenvalue weighted by atomic mass is 16.6. The van der Waals surface area contributed by atoms with Gasteiger partial charge in [0.15, 0.2) is 5.75 Å². The molecule has 1 aromatic carbocycles. The van der Waals surface area contributed by atoms with Gasteiger partial charge in [0.25, 0.3) is 0 Å². The van der Waals surface area contributed by atoms with E-state index in [1.165, 1.54) is 13.2 Å². The molecule has 0 aliphatic rings. The SMILES string of the molecule is CCOc1cc(C)cc([N+](=O)[O-])c1OC. The summed E-state index contributed by atoms with van der Waals surface area (Å²) in [5, 5.41) is 10.8. The van der Waals surface area contributed by atoms with Crippen LogP contribution in [0.25, 0.3) is 0 Å². The van der Waals surface area contributed by atoms with Crippen molar-refractivity contribution in [1.29, 1.82) is 0 Å². The number of benzene rings is 1. The largest absolute Gasteiger partial charge is 0.490 e. The van der Waals surface area contributed by atoms with Gasteiger partial charge >= 0.3 is 5.69 Å². The molecule has 0 aliphatic carbocycles. The zero-order chi connectivity index (χ0) is 11.4. The molecule has 0 radical (unpaired) electrons. The van der Waals surface area contributed by atoms with Crippen LogP contribution in [-0.2, 0) is 0 Å². The predicted molar refractivity (Wildman–Crippen MR) is 55.6 cm³/mol. The standard InChI is InChI=1S/C10H13NO4/c1-4-15-9-6-7(2)5-8(11(12)13)10(9)14-3/h5-6H,4H2,1-3H3. The molecule has 0 fully saturated rings. The lowest BCUT2D eigenvalue weighted by Gasteiger charge is -2.10. The molecule has 15 heavy (non-hydrogen) atoms. The Bertz CT molecular complexity index is 376. The van der Waals surface area contributed by atoms with Crippen molar-refractivity contribution >= 4 is 5.69 Å². The smallest absolute Gasteiger partial charge is 0.315 e. The zero-order valence-electron chi connectivity index (χ0n) is 8.94. The molecule has 5 heteroatoms. The third kappa shape index (κ3) is 2.37. The number of ether oxygens (including phenoxy) is 2. The number of hydrogen-bond acceptors (Lipinski definition) is 4. The maximum atomic E-state index is 10.8. The van der Waals surface area contributed by atoms with E-state index >= 15 is 0 Å². The van der Waals surface area contributed by atoms with Crippen LogP contribution in [0.15, 0.2) is 12.1 Å². The average molecular weight is 211 g/mol. The Labute approximate surface area is 87.8 Å². The van der Waals surface area contributed by atoms with Crippen LogP contribution in [0.5, 0.6) is 11.5 Å². The Morgan fingerprint density at radius 1 is 1.47 bits per heavy atom. The van der Waals surface area contributed by atoms with Crippen molar-refractivity contribution in [2.45, 2.75) is 13.8 Å². The number of methoxy groups -OCH3 is 1. The lowest BCUT2D eigenvalue weighted by atomic mass is 10.2. The number of nitrogens with zero attached hydrogens (tertiary/aromatic N) is 1. The van der Waals surface area contributed by atoms with Crippen LogP contribution in [0.4, 0.5) is 5.69 Å². The molecule has 0 aromatic heterocycles. The molecule has 0 saturated carbocycles. The summed E-state index contributed by atoms with van der Waals surface area (Å²) in [7, 11) is 1.39. The van der Waals surface area contributed by atoms with Gasteiger partial charge < -0.3 is 9.47 Å². The van der Waals surface area contributed by atoms with E-state index in [1.54, 1.807) is 13.0 Å². The van der Waals surface area contributed by atoms with Crippen LogP contribution >= 0.6 is 0 Å². The van der Waals surface area contributed by atoms with Crippen molar-refractivity contribution in [2.75, 3.05) is 13.7 Å². The molecule has 0 aliphatic heterocycles. The molecule has 0 saturated heterocycles. The van der Waals surface area contributed by atoms with E-state index in [1.807, 2.05) is 6.92 Å². The Balaban J connectivity index is 3.31. The summed E-state index contributed by atoms with van der Waals surface area (Å²) in [6.45, 7) is 4.03. The average Bonchev–Trinajstić information content (AvgIpc) is 2.17. The fourth-order valence-corrected chi connectivity index (χ4v) is 1.32. The van der Waals surface area contributed by atoms with Crippen LogP contribution in [0, 0.1) is 17.0 Å². The topological polar surface area (TPSA) is 61.6 Å². The highest BCUT2D eigenvalue weighted by molar-refractivity contribution is 5.57. The van der Waals surface area contributed by atoms with Gasteiger partial charge in [0.05, 0.1) is 18.6 Å². The van der Waals surface area contributed by atoms with Crippen LogP contribution < -0.4 is 9.47 Å². The molecule has 1 rings (SSSR count). The third-order valence-corrected chi connectivity index (χ3v) is 1.88. The Morgan fingerprint density at radius 3 is 2.60 bits per heavy atom. The van der Waals surface area contributed by atoms with E-state index in [-0.39, 0.29) is 11.4 Å². The molecule has 0 N–H and O–H groups in total. The summed E-state index contributed by atoms with van der Waals surface area (Å²) in [6.07, 6.45) is 0. The first-order valence-corrected chi connectivity index (χ1v) is 4.56. The molecule has 0 amide bonds. The number of rotatable bonds is 4. The summed E-state index contributed by atoms with van der Waals surface area (Å²) in [5.41, 5.74) is 0.701. The van der Waals surface area contributed by atoms with Gasteiger partial charge in [-0.25, -0.2) is 0 Å². The number of hydrogen-bond donors (Lipinski definition) is 0. The summed E-state index contributed by atoms with van der Waals surface area (Å²) >= 11 is 0. The molecule has 82 valence electrons. The van der Waals surface area contributed by atoms with E-state index in [9.17, 15) is 10.1 Å². The molecule has 5 nitrogen and oxygen atoms in total. The molecule has 1 aromatic rings. The second-order valence-corrected chi connectivity index (χ2v) is 3.01. The summed E-state index contributed by atoms with van der Waals surface area (Å²) in [5.74, 6) is 0.583. The van der Waals surface area contributed by atoms with Gasteiger partial charge in [0.1, 0.15) is 0 Å². The monoisotopic (exact) mass is 211 g/mol. The second kappa shape index (κ2) is 4.63. The van der Waals surface area contributed by atoms with Crippen molar-refractivity contribution in [1.82, 2.24) is 0 Å².